The normalized spacial score (nSPS) is 19.8. The second kappa shape index (κ2) is 7.11. The van der Waals surface area contributed by atoms with Crippen molar-refractivity contribution in [1.29, 1.82) is 0 Å². The average Bonchev–Trinajstić information content (AvgIpc) is 2.94. The van der Waals surface area contributed by atoms with E-state index in [0.717, 1.165) is 62.5 Å². The van der Waals surface area contributed by atoms with E-state index in [9.17, 15) is 4.79 Å². The van der Waals surface area contributed by atoms with Gasteiger partial charge in [-0.15, -0.1) is 0 Å². The van der Waals surface area contributed by atoms with Crippen molar-refractivity contribution in [2.24, 2.45) is 5.92 Å². The van der Waals surface area contributed by atoms with E-state index in [2.05, 4.69) is 33.3 Å². The number of amides is 1. The van der Waals surface area contributed by atoms with Crippen molar-refractivity contribution in [3.63, 3.8) is 0 Å². The minimum absolute atomic E-state index is 0.0267. The number of hydrogen-bond donors (Lipinski definition) is 1. The van der Waals surface area contributed by atoms with Crippen LogP contribution in [0.4, 0.5) is 0 Å². The third kappa shape index (κ3) is 3.33. The molecule has 0 aliphatic carbocycles. The van der Waals surface area contributed by atoms with Gasteiger partial charge < -0.3 is 9.64 Å². The molecule has 0 saturated heterocycles. The molecule has 0 bridgehead atoms. The first-order valence-electron chi connectivity index (χ1n) is 9.32. The summed E-state index contributed by atoms with van der Waals surface area (Å²) in [5.41, 5.74) is 4.06. The molecule has 1 amide bonds. The number of nitrogens with one attached hydrogen (secondary N) is 1. The van der Waals surface area contributed by atoms with Gasteiger partial charge in [-0.25, -0.2) is 0 Å². The van der Waals surface area contributed by atoms with E-state index in [4.69, 9.17) is 4.74 Å². The van der Waals surface area contributed by atoms with Gasteiger partial charge in [-0.05, 0) is 30.4 Å². The summed E-state index contributed by atoms with van der Waals surface area (Å²) in [6.07, 6.45) is 3.03. The fourth-order valence-corrected chi connectivity index (χ4v) is 3.98. The van der Waals surface area contributed by atoms with Gasteiger partial charge in [-0.3, -0.25) is 14.8 Å². The summed E-state index contributed by atoms with van der Waals surface area (Å²) < 4.78 is 5.90. The minimum atomic E-state index is -0.0267. The van der Waals surface area contributed by atoms with Crippen LogP contribution in [0.15, 0.2) is 24.3 Å². The topological polar surface area (TPSA) is 61.5 Å². The molecule has 2 aliphatic rings. The summed E-state index contributed by atoms with van der Waals surface area (Å²) in [4.78, 5) is 16.4. The van der Waals surface area contributed by atoms with E-state index in [1.807, 2.05) is 6.07 Å². The number of carbonyl (C=O) groups excluding carboxylic acids is 1. The Morgan fingerprint density at radius 3 is 3.08 bits per heavy atom. The standard InChI is InChI=1S/C20H26N4O2/c1-23(2)20(25)19-16-13-24(9-7-17(16)21-22-19)12-14-8-10-26-18-6-4-3-5-15(18)11-14/h3-6,14H,7-13H2,1-2H3,(H,21,22)/t14-/m0/s1. The van der Waals surface area contributed by atoms with Crippen molar-refractivity contribution in [2.75, 3.05) is 33.8 Å². The summed E-state index contributed by atoms with van der Waals surface area (Å²) in [6.45, 7) is 3.60. The zero-order valence-electron chi connectivity index (χ0n) is 15.5. The number of nitrogens with zero attached hydrogens (tertiary/aromatic N) is 3. The molecule has 1 aromatic heterocycles. The van der Waals surface area contributed by atoms with E-state index in [1.165, 1.54) is 5.56 Å². The Hall–Kier alpha value is -2.34. The van der Waals surface area contributed by atoms with Crippen molar-refractivity contribution >= 4 is 5.91 Å². The van der Waals surface area contributed by atoms with Crippen LogP contribution in [0, 0.1) is 5.92 Å². The molecule has 0 radical (unpaired) electrons. The molecule has 6 heteroatoms. The van der Waals surface area contributed by atoms with Gasteiger partial charge in [-0.2, -0.15) is 5.10 Å². The molecule has 1 atom stereocenters. The van der Waals surface area contributed by atoms with Crippen LogP contribution < -0.4 is 4.74 Å². The number of para-hydroxylation sites is 1. The van der Waals surface area contributed by atoms with Gasteiger partial charge in [0, 0.05) is 51.4 Å². The number of H-pyrrole nitrogens is 1. The molecule has 0 saturated carbocycles. The van der Waals surface area contributed by atoms with Gasteiger partial charge in [0.15, 0.2) is 5.69 Å². The SMILES string of the molecule is CN(C)C(=O)c1n[nH]c2c1CN(C[C@H]1CCOc3ccccc3C1)CC2. The minimum Gasteiger partial charge on any atom is -0.493 e. The van der Waals surface area contributed by atoms with Gasteiger partial charge in [-0.1, -0.05) is 18.2 Å². The molecule has 1 N–H and O–H groups in total. The maximum Gasteiger partial charge on any atom is 0.274 e. The number of carbonyl (C=O) groups is 1. The quantitative estimate of drug-likeness (QED) is 0.917. The highest BCUT2D eigenvalue weighted by Gasteiger charge is 2.28. The van der Waals surface area contributed by atoms with E-state index >= 15 is 0 Å². The number of ether oxygens (including phenoxy) is 1. The van der Waals surface area contributed by atoms with E-state index in [1.54, 1.807) is 19.0 Å². The number of aromatic amines is 1. The Kier molecular flexibility index (Phi) is 4.68. The highest BCUT2D eigenvalue weighted by molar-refractivity contribution is 5.93. The number of hydrogen-bond acceptors (Lipinski definition) is 4. The Balaban J connectivity index is 1.46. The lowest BCUT2D eigenvalue weighted by Gasteiger charge is -2.30. The third-order valence-electron chi connectivity index (χ3n) is 5.40. The fourth-order valence-electron chi connectivity index (χ4n) is 3.98. The Bertz CT molecular complexity index is 799. The summed E-state index contributed by atoms with van der Waals surface area (Å²) in [6, 6.07) is 8.36. The largest absolute Gasteiger partial charge is 0.493 e. The zero-order valence-corrected chi connectivity index (χ0v) is 15.5. The molecule has 0 fully saturated rings. The second-order valence-corrected chi connectivity index (χ2v) is 7.53. The first-order valence-corrected chi connectivity index (χ1v) is 9.32. The van der Waals surface area contributed by atoms with Crippen molar-refractivity contribution < 1.29 is 9.53 Å². The predicted molar refractivity (Wildman–Crippen MR) is 99.3 cm³/mol. The molecule has 4 rings (SSSR count). The van der Waals surface area contributed by atoms with Crippen LogP contribution >= 0.6 is 0 Å². The molecular formula is C20H26N4O2. The second-order valence-electron chi connectivity index (χ2n) is 7.53. The lowest BCUT2D eigenvalue weighted by Crippen LogP contribution is -2.36. The smallest absolute Gasteiger partial charge is 0.274 e. The Morgan fingerprint density at radius 1 is 1.38 bits per heavy atom. The third-order valence-corrected chi connectivity index (χ3v) is 5.40. The van der Waals surface area contributed by atoms with Crippen LogP contribution in [-0.4, -0.2) is 59.7 Å². The van der Waals surface area contributed by atoms with Gasteiger partial charge >= 0.3 is 0 Å². The Labute approximate surface area is 154 Å². The molecular weight excluding hydrogens is 328 g/mol. The Morgan fingerprint density at radius 2 is 2.23 bits per heavy atom. The molecule has 3 heterocycles. The van der Waals surface area contributed by atoms with Crippen LogP contribution in [0.5, 0.6) is 5.75 Å². The molecule has 26 heavy (non-hydrogen) atoms. The molecule has 1 aromatic carbocycles. The van der Waals surface area contributed by atoms with Crippen LogP contribution in [-0.2, 0) is 19.4 Å². The van der Waals surface area contributed by atoms with Crippen LogP contribution in [0.1, 0.15) is 33.7 Å². The number of aromatic nitrogens is 2. The maximum absolute atomic E-state index is 12.4. The van der Waals surface area contributed by atoms with Crippen LogP contribution in [0.2, 0.25) is 0 Å². The highest BCUT2D eigenvalue weighted by atomic mass is 16.5. The van der Waals surface area contributed by atoms with Gasteiger partial charge in [0.2, 0.25) is 0 Å². The molecule has 0 spiro atoms. The molecule has 2 aliphatic heterocycles. The molecule has 2 aromatic rings. The summed E-state index contributed by atoms with van der Waals surface area (Å²) in [5, 5.41) is 7.35. The summed E-state index contributed by atoms with van der Waals surface area (Å²) in [5.74, 6) is 1.57. The van der Waals surface area contributed by atoms with Crippen LogP contribution in [0.25, 0.3) is 0 Å². The molecule has 6 nitrogen and oxygen atoms in total. The van der Waals surface area contributed by atoms with Crippen LogP contribution in [0.3, 0.4) is 0 Å². The monoisotopic (exact) mass is 354 g/mol. The van der Waals surface area contributed by atoms with Crippen molar-refractivity contribution in [3.05, 3.63) is 46.8 Å². The summed E-state index contributed by atoms with van der Waals surface area (Å²) >= 11 is 0. The fraction of sp³-hybridized carbons (Fsp3) is 0.500. The summed E-state index contributed by atoms with van der Waals surface area (Å²) in [7, 11) is 3.54. The van der Waals surface area contributed by atoms with Gasteiger partial charge in [0.05, 0.1) is 6.61 Å². The van der Waals surface area contributed by atoms with Crippen molar-refractivity contribution in [1.82, 2.24) is 20.0 Å². The van der Waals surface area contributed by atoms with E-state index in [-0.39, 0.29) is 5.91 Å². The van der Waals surface area contributed by atoms with E-state index < -0.39 is 0 Å². The zero-order chi connectivity index (χ0) is 18.1. The predicted octanol–water partition coefficient (Wildman–Crippen LogP) is 2.11. The van der Waals surface area contributed by atoms with Gasteiger partial charge in [0.1, 0.15) is 5.75 Å². The van der Waals surface area contributed by atoms with Crippen molar-refractivity contribution in [2.45, 2.75) is 25.8 Å². The lowest BCUT2D eigenvalue weighted by molar-refractivity contribution is 0.0819. The van der Waals surface area contributed by atoms with Gasteiger partial charge in [0.25, 0.3) is 5.91 Å². The average molecular weight is 354 g/mol. The van der Waals surface area contributed by atoms with E-state index in [0.29, 0.717) is 11.6 Å². The molecule has 0 unspecified atom stereocenters. The lowest BCUT2D eigenvalue weighted by atomic mass is 9.95. The first-order chi connectivity index (χ1) is 12.6. The highest BCUT2D eigenvalue weighted by Crippen LogP contribution is 2.28. The maximum atomic E-state index is 12.4. The number of benzene rings is 1. The van der Waals surface area contributed by atoms with Crippen molar-refractivity contribution in [3.8, 4) is 5.75 Å². The number of fused-ring (bicyclic) bond motifs is 2. The first kappa shape index (κ1) is 17.1. The number of rotatable bonds is 3. The molecule has 138 valence electrons.